The van der Waals surface area contributed by atoms with E-state index in [1.165, 1.54) is 0 Å². The molecule has 84 valence electrons. The van der Waals surface area contributed by atoms with E-state index in [9.17, 15) is 0 Å². The predicted molar refractivity (Wildman–Crippen MR) is 65.9 cm³/mol. The van der Waals surface area contributed by atoms with Crippen LogP contribution in [-0.4, -0.2) is 22.7 Å². The third-order valence-electron chi connectivity index (χ3n) is 2.31. The Bertz CT molecular complexity index is 287. The summed E-state index contributed by atoms with van der Waals surface area (Å²) in [6.45, 7) is 4.46. The van der Waals surface area contributed by atoms with Gasteiger partial charge in [0.1, 0.15) is 5.82 Å². The summed E-state index contributed by atoms with van der Waals surface area (Å²) in [5.41, 5.74) is 0. The lowest BCUT2D eigenvalue weighted by Crippen LogP contribution is -2.27. The number of halogens is 1. The quantitative estimate of drug-likeness (QED) is 0.867. The Labute approximate surface area is 99.1 Å². The van der Waals surface area contributed by atoms with Crippen molar-refractivity contribution in [3.05, 3.63) is 22.8 Å². The van der Waals surface area contributed by atoms with Crippen LogP contribution in [0.2, 0.25) is 0 Å². The van der Waals surface area contributed by atoms with E-state index in [1.54, 1.807) is 6.20 Å². The van der Waals surface area contributed by atoms with E-state index in [0.29, 0.717) is 5.92 Å². The number of nitrogens with zero attached hydrogens (tertiary/aromatic N) is 1. The van der Waals surface area contributed by atoms with Gasteiger partial charge >= 0.3 is 0 Å². The monoisotopic (exact) mass is 272 g/mol. The van der Waals surface area contributed by atoms with Crippen LogP contribution in [0.25, 0.3) is 0 Å². The fourth-order valence-electron chi connectivity index (χ4n) is 1.36. The Morgan fingerprint density at radius 1 is 1.47 bits per heavy atom. The molecule has 1 atom stereocenters. The summed E-state index contributed by atoms with van der Waals surface area (Å²) in [5, 5.41) is 12.3. The summed E-state index contributed by atoms with van der Waals surface area (Å²) in [6.07, 6.45) is 2.51. The molecule has 0 spiro atoms. The molecule has 0 saturated heterocycles. The van der Waals surface area contributed by atoms with Gasteiger partial charge in [-0.25, -0.2) is 4.98 Å². The molecule has 0 aliphatic carbocycles. The highest BCUT2D eigenvalue weighted by molar-refractivity contribution is 9.10. The van der Waals surface area contributed by atoms with Gasteiger partial charge in [-0.3, -0.25) is 0 Å². The van der Waals surface area contributed by atoms with Gasteiger partial charge in [0.2, 0.25) is 0 Å². The minimum absolute atomic E-state index is 0.201. The molecule has 0 aromatic carbocycles. The topological polar surface area (TPSA) is 45.1 Å². The molecule has 4 heteroatoms. The fraction of sp³-hybridized carbons (Fsp3) is 0.545. The molecule has 3 nitrogen and oxygen atoms in total. The standard InChI is InChI=1S/C11H17BrN2O/c1-8(2)10(5-6-15)14-11-4-3-9(12)7-13-11/h3-4,7-8,10,15H,5-6H2,1-2H3,(H,13,14). The van der Waals surface area contributed by atoms with Gasteiger partial charge in [0.05, 0.1) is 0 Å². The highest BCUT2D eigenvalue weighted by Crippen LogP contribution is 2.15. The maximum absolute atomic E-state index is 8.94. The first-order valence-corrected chi connectivity index (χ1v) is 5.91. The van der Waals surface area contributed by atoms with Gasteiger partial charge in [-0.15, -0.1) is 0 Å². The first-order valence-electron chi connectivity index (χ1n) is 5.12. The third kappa shape index (κ3) is 4.18. The average Bonchev–Trinajstić information content (AvgIpc) is 2.20. The predicted octanol–water partition coefficient (Wildman–Crippen LogP) is 2.66. The van der Waals surface area contributed by atoms with Gasteiger partial charge < -0.3 is 10.4 Å². The third-order valence-corrected chi connectivity index (χ3v) is 2.77. The van der Waals surface area contributed by atoms with Crippen molar-refractivity contribution in [2.24, 2.45) is 5.92 Å². The molecule has 1 unspecified atom stereocenters. The van der Waals surface area contributed by atoms with Crippen LogP contribution in [0.1, 0.15) is 20.3 Å². The Morgan fingerprint density at radius 3 is 2.67 bits per heavy atom. The lowest BCUT2D eigenvalue weighted by atomic mass is 10.0. The second kappa shape index (κ2) is 6.08. The van der Waals surface area contributed by atoms with Crippen molar-refractivity contribution >= 4 is 21.7 Å². The van der Waals surface area contributed by atoms with E-state index in [4.69, 9.17) is 5.11 Å². The molecule has 1 heterocycles. The highest BCUT2D eigenvalue weighted by Gasteiger charge is 2.12. The summed E-state index contributed by atoms with van der Waals surface area (Å²) >= 11 is 3.34. The lowest BCUT2D eigenvalue weighted by molar-refractivity contribution is 0.267. The van der Waals surface area contributed by atoms with Gasteiger partial charge in [0.25, 0.3) is 0 Å². The Hall–Kier alpha value is -0.610. The summed E-state index contributed by atoms with van der Waals surface area (Å²) < 4.78 is 0.969. The summed E-state index contributed by atoms with van der Waals surface area (Å²) in [6, 6.07) is 4.14. The van der Waals surface area contributed by atoms with Crippen LogP contribution < -0.4 is 5.32 Å². The number of aliphatic hydroxyl groups is 1. The van der Waals surface area contributed by atoms with Crippen molar-refractivity contribution in [1.82, 2.24) is 4.98 Å². The summed E-state index contributed by atoms with van der Waals surface area (Å²) in [4.78, 5) is 4.24. The van der Waals surface area contributed by atoms with Crippen LogP contribution in [0.15, 0.2) is 22.8 Å². The highest BCUT2D eigenvalue weighted by atomic mass is 79.9. The minimum atomic E-state index is 0.201. The van der Waals surface area contributed by atoms with Crippen LogP contribution in [-0.2, 0) is 0 Å². The van der Waals surface area contributed by atoms with Crippen LogP contribution in [0, 0.1) is 5.92 Å². The van der Waals surface area contributed by atoms with Gasteiger partial charge in [-0.05, 0) is 40.4 Å². The van der Waals surface area contributed by atoms with Gasteiger partial charge in [-0.1, -0.05) is 13.8 Å². The van der Waals surface area contributed by atoms with E-state index in [-0.39, 0.29) is 12.6 Å². The molecule has 0 aliphatic heterocycles. The molecule has 0 bridgehead atoms. The molecule has 0 radical (unpaired) electrons. The largest absolute Gasteiger partial charge is 0.396 e. The number of nitrogens with one attached hydrogen (secondary N) is 1. The smallest absolute Gasteiger partial charge is 0.126 e. The minimum Gasteiger partial charge on any atom is -0.396 e. The number of rotatable bonds is 5. The first-order chi connectivity index (χ1) is 7.13. The second-order valence-corrected chi connectivity index (χ2v) is 4.78. The van der Waals surface area contributed by atoms with Crippen LogP contribution in [0.3, 0.4) is 0 Å². The maximum atomic E-state index is 8.94. The zero-order valence-corrected chi connectivity index (χ0v) is 10.7. The van der Waals surface area contributed by atoms with Crippen molar-refractivity contribution in [3.63, 3.8) is 0 Å². The number of hydrogen-bond acceptors (Lipinski definition) is 3. The fourth-order valence-corrected chi connectivity index (χ4v) is 1.60. The number of aliphatic hydroxyl groups excluding tert-OH is 1. The zero-order valence-electron chi connectivity index (χ0n) is 9.07. The van der Waals surface area contributed by atoms with Crippen molar-refractivity contribution in [2.45, 2.75) is 26.3 Å². The molecule has 0 aliphatic rings. The van der Waals surface area contributed by atoms with Crippen molar-refractivity contribution < 1.29 is 5.11 Å². The first kappa shape index (κ1) is 12.5. The molecule has 1 aromatic heterocycles. The van der Waals surface area contributed by atoms with Crippen LogP contribution in [0.4, 0.5) is 5.82 Å². The van der Waals surface area contributed by atoms with Crippen molar-refractivity contribution in [3.8, 4) is 0 Å². The Morgan fingerprint density at radius 2 is 2.20 bits per heavy atom. The molecular formula is C11H17BrN2O. The summed E-state index contributed by atoms with van der Waals surface area (Å²) in [7, 11) is 0. The van der Waals surface area contributed by atoms with E-state index >= 15 is 0 Å². The van der Waals surface area contributed by atoms with Gasteiger partial charge in [0.15, 0.2) is 0 Å². The van der Waals surface area contributed by atoms with Gasteiger partial charge in [-0.2, -0.15) is 0 Å². The van der Waals surface area contributed by atoms with E-state index in [0.717, 1.165) is 16.7 Å². The Kier molecular flexibility index (Phi) is 5.05. The molecular weight excluding hydrogens is 256 g/mol. The molecule has 1 rings (SSSR count). The van der Waals surface area contributed by atoms with Crippen LogP contribution in [0.5, 0.6) is 0 Å². The van der Waals surface area contributed by atoms with Gasteiger partial charge in [0, 0.05) is 23.3 Å². The normalized spacial score (nSPS) is 12.9. The second-order valence-electron chi connectivity index (χ2n) is 3.87. The molecule has 1 aromatic rings. The summed E-state index contributed by atoms with van der Waals surface area (Å²) in [5.74, 6) is 1.33. The Balaban J connectivity index is 2.61. The zero-order chi connectivity index (χ0) is 11.3. The maximum Gasteiger partial charge on any atom is 0.126 e. The van der Waals surface area contributed by atoms with Crippen molar-refractivity contribution in [1.29, 1.82) is 0 Å². The van der Waals surface area contributed by atoms with E-state index < -0.39 is 0 Å². The lowest BCUT2D eigenvalue weighted by Gasteiger charge is -2.21. The van der Waals surface area contributed by atoms with Crippen molar-refractivity contribution in [2.75, 3.05) is 11.9 Å². The molecule has 2 N–H and O–H groups in total. The number of pyridine rings is 1. The van der Waals surface area contributed by atoms with E-state index in [1.807, 2.05) is 12.1 Å². The average molecular weight is 273 g/mol. The molecule has 0 amide bonds. The number of hydrogen-bond donors (Lipinski definition) is 2. The van der Waals surface area contributed by atoms with E-state index in [2.05, 4.69) is 40.1 Å². The SMILES string of the molecule is CC(C)C(CCO)Nc1ccc(Br)cn1. The molecule has 0 fully saturated rings. The molecule has 0 saturated carbocycles. The number of anilines is 1. The number of aromatic nitrogens is 1. The molecule has 15 heavy (non-hydrogen) atoms. The van der Waals surface area contributed by atoms with Crippen LogP contribution >= 0.6 is 15.9 Å².